The summed E-state index contributed by atoms with van der Waals surface area (Å²) < 4.78 is 0. The fraction of sp³-hybridized carbons (Fsp3) is 0. The number of H-pyrrole nitrogens is 1. The minimum Gasteiger partial charge on any atom is -0.362 e. The molecule has 0 radical (unpaired) electrons. The van der Waals surface area contributed by atoms with Gasteiger partial charge in [-0.15, -0.1) is 10.2 Å². The second-order valence-electron chi connectivity index (χ2n) is 3.88. The monoisotopic (exact) mass is 255 g/mol. The number of nitrogens with zero attached hydrogens (tertiary/aromatic N) is 2. The van der Waals surface area contributed by atoms with Gasteiger partial charge in [0.2, 0.25) is 0 Å². The van der Waals surface area contributed by atoms with Crippen LogP contribution in [0.5, 0.6) is 0 Å². The number of nitrogens with one attached hydrogen (secondary N) is 1. The third-order valence-electron chi connectivity index (χ3n) is 2.71. The highest BCUT2D eigenvalue weighted by Gasteiger charge is 2.04. The molecule has 0 aliphatic carbocycles. The van der Waals surface area contributed by atoms with E-state index in [2.05, 4.69) is 15.2 Å². The maximum atomic E-state index is 6.02. The molecule has 0 aliphatic rings. The van der Waals surface area contributed by atoms with Gasteiger partial charge in [0.1, 0.15) is 0 Å². The first-order valence-corrected chi connectivity index (χ1v) is 5.95. The van der Waals surface area contributed by atoms with Gasteiger partial charge in [-0.2, -0.15) is 0 Å². The SMILES string of the molecule is Clc1nnc(/C=C\c2ccc[nH]2)c2ccccc12. The Morgan fingerprint density at radius 2 is 1.78 bits per heavy atom. The molecule has 0 aliphatic heterocycles. The zero-order chi connectivity index (χ0) is 12.4. The Kier molecular flexibility index (Phi) is 2.82. The Balaban J connectivity index is 2.10. The van der Waals surface area contributed by atoms with Crippen LogP contribution in [0.3, 0.4) is 0 Å². The van der Waals surface area contributed by atoms with Crippen molar-refractivity contribution in [3.05, 3.63) is 59.1 Å². The number of aromatic nitrogens is 3. The molecule has 0 fully saturated rings. The van der Waals surface area contributed by atoms with Crippen molar-refractivity contribution in [2.75, 3.05) is 0 Å². The molecule has 0 saturated carbocycles. The lowest BCUT2D eigenvalue weighted by Gasteiger charge is -2.01. The average molecular weight is 256 g/mol. The van der Waals surface area contributed by atoms with Gasteiger partial charge in [0.15, 0.2) is 5.15 Å². The van der Waals surface area contributed by atoms with E-state index in [-0.39, 0.29) is 0 Å². The number of hydrogen-bond acceptors (Lipinski definition) is 2. The summed E-state index contributed by atoms with van der Waals surface area (Å²) >= 11 is 6.02. The quantitative estimate of drug-likeness (QED) is 0.757. The first kappa shape index (κ1) is 11.0. The number of fused-ring (bicyclic) bond motifs is 1. The maximum Gasteiger partial charge on any atom is 0.159 e. The highest BCUT2D eigenvalue weighted by Crippen LogP contribution is 2.23. The van der Waals surface area contributed by atoms with Gasteiger partial charge in [0.05, 0.1) is 5.69 Å². The topological polar surface area (TPSA) is 41.6 Å². The predicted molar refractivity (Wildman–Crippen MR) is 74.3 cm³/mol. The largest absolute Gasteiger partial charge is 0.362 e. The summed E-state index contributed by atoms with van der Waals surface area (Å²) in [7, 11) is 0. The van der Waals surface area contributed by atoms with E-state index in [1.165, 1.54) is 0 Å². The van der Waals surface area contributed by atoms with E-state index >= 15 is 0 Å². The van der Waals surface area contributed by atoms with Crippen LogP contribution in [0.4, 0.5) is 0 Å². The van der Waals surface area contributed by atoms with E-state index in [0.29, 0.717) is 5.15 Å². The molecule has 0 unspecified atom stereocenters. The van der Waals surface area contributed by atoms with Gasteiger partial charge in [-0.25, -0.2) is 0 Å². The summed E-state index contributed by atoms with van der Waals surface area (Å²) in [6.45, 7) is 0. The molecular formula is C14H10ClN3. The smallest absolute Gasteiger partial charge is 0.159 e. The summed E-state index contributed by atoms with van der Waals surface area (Å²) in [4.78, 5) is 3.11. The first-order valence-electron chi connectivity index (χ1n) is 5.57. The van der Waals surface area contributed by atoms with Crippen molar-refractivity contribution in [2.45, 2.75) is 0 Å². The van der Waals surface area contributed by atoms with Crippen molar-refractivity contribution < 1.29 is 0 Å². The zero-order valence-electron chi connectivity index (χ0n) is 9.47. The van der Waals surface area contributed by atoms with Gasteiger partial charge >= 0.3 is 0 Å². The van der Waals surface area contributed by atoms with Crippen LogP contribution < -0.4 is 0 Å². The van der Waals surface area contributed by atoms with Gasteiger partial charge in [-0.05, 0) is 24.3 Å². The lowest BCUT2D eigenvalue weighted by molar-refractivity contribution is 1.04. The molecule has 0 atom stereocenters. The molecule has 3 rings (SSSR count). The number of benzene rings is 1. The van der Waals surface area contributed by atoms with E-state index in [0.717, 1.165) is 22.2 Å². The summed E-state index contributed by atoms with van der Waals surface area (Å²) in [5.41, 5.74) is 1.83. The zero-order valence-corrected chi connectivity index (χ0v) is 10.2. The molecule has 0 saturated heterocycles. The summed E-state index contributed by atoms with van der Waals surface area (Å²) in [5.74, 6) is 0. The molecular weight excluding hydrogens is 246 g/mol. The summed E-state index contributed by atoms with van der Waals surface area (Å²) in [6, 6.07) is 11.8. The van der Waals surface area contributed by atoms with E-state index in [1.807, 2.05) is 54.7 Å². The van der Waals surface area contributed by atoms with Crippen LogP contribution in [-0.4, -0.2) is 15.2 Å². The number of aromatic amines is 1. The highest BCUT2D eigenvalue weighted by atomic mass is 35.5. The Hall–Kier alpha value is -2.13. The maximum absolute atomic E-state index is 6.02. The van der Waals surface area contributed by atoms with Crippen molar-refractivity contribution in [2.24, 2.45) is 0 Å². The van der Waals surface area contributed by atoms with Crippen LogP contribution in [0, 0.1) is 0 Å². The number of halogens is 1. The molecule has 3 aromatic rings. The van der Waals surface area contributed by atoms with Crippen molar-refractivity contribution in [3.8, 4) is 0 Å². The molecule has 88 valence electrons. The first-order chi connectivity index (χ1) is 8.84. The third kappa shape index (κ3) is 2.00. The van der Waals surface area contributed by atoms with Gasteiger partial charge in [0, 0.05) is 22.7 Å². The normalized spacial score (nSPS) is 11.4. The number of hydrogen-bond donors (Lipinski definition) is 1. The molecule has 18 heavy (non-hydrogen) atoms. The minimum atomic E-state index is 0.433. The van der Waals surface area contributed by atoms with Crippen LogP contribution in [0.25, 0.3) is 22.9 Å². The second kappa shape index (κ2) is 4.63. The molecule has 3 nitrogen and oxygen atoms in total. The van der Waals surface area contributed by atoms with E-state index in [1.54, 1.807) is 0 Å². The molecule has 4 heteroatoms. The van der Waals surface area contributed by atoms with Gasteiger partial charge in [0.25, 0.3) is 0 Å². The van der Waals surface area contributed by atoms with Gasteiger partial charge < -0.3 is 4.98 Å². The fourth-order valence-electron chi connectivity index (χ4n) is 1.83. The van der Waals surface area contributed by atoms with Crippen LogP contribution in [-0.2, 0) is 0 Å². The molecule has 2 heterocycles. The Labute approximate surface area is 109 Å². The average Bonchev–Trinajstić information content (AvgIpc) is 2.92. The summed E-state index contributed by atoms with van der Waals surface area (Å²) in [5, 5.41) is 10.4. The molecule has 0 spiro atoms. The van der Waals surface area contributed by atoms with Crippen LogP contribution in [0.2, 0.25) is 5.15 Å². The van der Waals surface area contributed by atoms with Gasteiger partial charge in [-0.3, -0.25) is 0 Å². The molecule has 1 aromatic carbocycles. The molecule has 2 aromatic heterocycles. The van der Waals surface area contributed by atoms with Crippen molar-refractivity contribution in [1.82, 2.24) is 15.2 Å². The highest BCUT2D eigenvalue weighted by molar-refractivity contribution is 6.34. The second-order valence-corrected chi connectivity index (χ2v) is 4.24. The Morgan fingerprint density at radius 3 is 2.56 bits per heavy atom. The van der Waals surface area contributed by atoms with E-state index < -0.39 is 0 Å². The molecule has 0 bridgehead atoms. The van der Waals surface area contributed by atoms with Crippen molar-refractivity contribution >= 4 is 34.5 Å². The Bertz CT molecular complexity index is 702. The standard InChI is InChI=1S/C14H10ClN3/c15-14-12-6-2-1-5-11(12)13(17-18-14)8-7-10-4-3-9-16-10/h1-9,16H/b8-7-. The lowest BCUT2D eigenvalue weighted by Crippen LogP contribution is -1.90. The van der Waals surface area contributed by atoms with Crippen LogP contribution in [0.1, 0.15) is 11.4 Å². The summed E-state index contributed by atoms with van der Waals surface area (Å²) in [6.07, 6.45) is 5.77. The fourth-order valence-corrected chi connectivity index (χ4v) is 2.03. The van der Waals surface area contributed by atoms with Crippen LogP contribution in [0.15, 0.2) is 42.6 Å². The van der Waals surface area contributed by atoms with E-state index in [4.69, 9.17) is 11.6 Å². The van der Waals surface area contributed by atoms with Crippen molar-refractivity contribution in [1.29, 1.82) is 0 Å². The molecule has 0 amide bonds. The Morgan fingerprint density at radius 1 is 0.944 bits per heavy atom. The minimum absolute atomic E-state index is 0.433. The van der Waals surface area contributed by atoms with Crippen molar-refractivity contribution in [3.63, 3.8) is 0 Å². The number of rotatable bonds is 2. The predicted octanol–water partition coefficient (Wildman–Crippen LogP) is 3.78. The molecule has 1 N–H and O–H groups in total. The third-order valence-corrected chi connectivity index (χ3v) is 2.99. The van der Waals surface area contributed by atoms with Gasteiger partial charge in [-0.1, -0.05) is 35.9 Å². The van der Waals surface area contributed by atoms with Crippen LogP contribution >= 0.6 is 11.6 Å². The van der Waals surface area contributed by atoms with E-state index in [9.17, 15) is 0 Å². The lowest BCUT2D eigenvalue weighted by atomic mass is 10.1.